The Hall–Kier alpha value is -1.57. The molecule has 1 aromatic carbocycles. The second-order valence-electron chi connectivity index (χ2n) is 7.77. The van der Waals surface area contributed by atoms with Gasteiger partial charge in [0.1, 0.15) is 0 Å². The van der Waals surface area contributed by atoms with E-state index < -0.39 is 0 Å². The quantitative estimate of drug-likeness (QED) is 0.294. The van der Waals surface area contributed by atoms with E-state index in [1.165, 1.54) is 16.7 Å². The van der Waals surface area contributed by atoms with Crippen molar-refractivity contribution in [2.24, 2.45) is 0 Å². The first-order valence-electron chi connectivity index (χ1n) is 11.4. The topological polar surface area (TPSA) is 68.5 Å². The van der Waals surface area contributed by atoms with Crippen LogP contribution >= 0.6 is 43.5 Å². The summed E-state index contributed by atoms with van der Waals surface area (Å²) in [6.45, 7) is 7.47. The van der Waals surface area contributed by atoms with E-state index in [9.17, 15) is 4.79 Å². The van der Waals surface area contributed by atoms with Crippen LogP contribution in [0.4, 0.5) is 10.5 Å². The SMILES string of the molecule is CC.CCOC(=O)N1CCC(=C2c3ncc(CBr)cc3CCc3cc(Cl)c(N)c(Br)c32)CC1. The second kappa shape index (κ2) is 11.7. The number of halogens is 3. The predicted molar refractivity (Wildman–Crippen MR) is 143 cm³/mol. The highest BCUT2D eigenvalue weighted by molar-refractivity contribution is 9.10. The number of hydrogen-bond donors (Lipinski definition) is 1. The lowest BCUT2D eigenvalue weighted by atomic mass is 9.88. The zero-order valence-electron chi connectivity index (χ0n) is 19.3. The van der Waals surface area contributed by atoms with Crippen LogP contribution in [0, 0.1) is 0 Å². The standard InChI is InChI=1S/C23H24Br2ClN3O2.C2H6/c1-2-31-23(30)29-7-5-14(6-8-29)19-18-15(10-17(26)21(27)20(18)25)3-4-16-9-13(11-24)12-28-22(16)19;1-2/h9-10,12H,2-8,11,27H2,1H3;1-2H3. The number of pyridine rings is 1. The van der Waals surface area contributed by atoms with Gasteiger partial charge in [0, 0.05) is 35.8 Å². The van der Waals surface area contributed by atoms with Gasteiger partial charge >= 0.3 is 6.09 Å². The molecule has 2 heterocycles. The third-order valence-corrected chi connectivity index (χ3v) is 7.69. The molecule has 0 atom stereocenters. The van der Waals surface area contributed by atoms with Crippen molar-refractivity contribution in [1.29, 1.82) is 0 Å². The fraction of sp³-hybridized carbons (Fsp3) is 0.440. The molecular weight excluding hydrogens is 570 g/mol. The van der Waals surface area contributed by atoms with E-state index in [1.54, 1.807) is 4.90 Å². The molecule has 1 aliphatic heterocycles. The largest absolute Gasteiger partial charge is 0.450 e. The van der Waals surface area contributed by atoms with Crippen LogP contribution in [0.15, 0.2) is 28.4 Å². The number of aryl methyl sites for hydroxylation is 2. The summed E-state index contributed by atoms with van der Waals surface area (Å²) in [5.41, 5.74) is 14.9. The summed E-state index contributed by atoms with van der Waals surface area (Å²) in [4.78, 5) is 18.8. The van der Waals surface area contributed by atoms with E-state index in [0.29, 0.717) is 30.4 Å². The molecule has 0 spiro atoms. The van der Waals surface area contributed by atoms with Gasteiger partial charge in [0.15, 0.2) is 0 Å². The number of fused-ring (bicyclic) bond motifs is 2. The number of carbonyl (C=O) groups excluding carboxylic acids is 1. The second-order valence-corrected chi connectivity index (χ2v) is 9.53. The summed E-state index contributed by atoms with van der Waals surface area (Å²) in [7, 11) is 0. The molecule has 1 amide bonds. The predicted octanol–water partition coefficient (Wildman–Crippen LogP) is 7.15. The third-order valence-electron chi connectivity index (χ3n) is 5.91. The molecule has 1 aliphatic carbocycles. The van der Waals surface area contributed by atoms with Crippen molar-refractivity contribution in [3.8, 4) is 0 Å². The van der Waals surface area contributed by atoms with E-state index in [0.717, 1.165) is 57.9 Å². The molecular formula is C25H30Br2ClN3O2. The normalized spacial score (nSPS) is 15.2. The van der Waals surface area contributed by atoms with Crippen molar-refractivity contribution < 1.29 is 9.53 Å². The minimum absolute atomic E-state index is 0.245. The number of carbonyl (C=O) groups is 1. The first-order valence-corrected chi connectivity index (χ1v) is 13.7. The molecule has 2 aromatic rings. The van der Waals surface area contributed by atoms with E-state index in [4.69, 9.17) is 27.1 Å². The van der Waals surface area contributed by atoms with Gasteiger partial charge in [-0.25, -0.2) is 4.79 Å². The minimum Gasteiger partial charge on any atom is -0.450 e. The van der Waals surface area contributed by atoms with Crippen molar-refractivity contribution >= 4 is 60.8 Å². The average molecular weight is 600 g/mol. The molecule has 2 N–H and O–H groups in total. The Labute approximate surface area is 218 Å². The van der Waals surface area contributed by atoms with E-state index in [1.807, 2.05) is 33.0 Å². The summed E-state index contributed by atoms with van der Waals surface area (Å²) in [6, 6.07) is 4.22. The zero-order valence-corrected chi connectivity index (χ0v) is 23.2. The third kappa shape index (κ3) is 5.41. The minimum atomic E-state index is -0.245. The maximum Gasteiger partial charge on any atom is 0.409 e. The molecule has 1 fully saturated rings. The molecule has 5 nitrogen and oxygen atoms in total. The van der Waals surface area contributed by atoms with Crippen LogP contribution in [-0.4, -0.2) is 35.7 Å². The van der Waals surface area contributed by atoms with Gasteiger partial charge in [-0.2, -0.15) is 0 Å². The van der Waals surface area contributed by atoms with Gasteiger partial charge in [0.05, 0.1) is 27.5 Å². The molecule has 0 bridgehead atoms. The number of anilines is 1. The van der Waals surface area contributed by atoms with Gasteiger partial charge in [-0.05, 0) is 71.3 Å². The van der Waals surface area contributed by atoms with Crippen molar-refractivity contribution in [2.75, 3.05) is 25.4 Å². The Morgan fingerprint density at radius 3 is 2.48 bits per heavy atom. The van der Waals surface area contributed by atoms with Crippen molar-refractivity contribution in [3.05, 3.63) is 61.3 Å². The van der Waals surface area contributed by atoms with Crippen LogP contribution in [0.3, 0.4) is 0 Å². The van der Waals surface area contributed by atoms with Gasteiger partial charge < -0.3 is 15.4 Å². The number of alkyl halides is 1. The lowest BCUT2D eigenvalue weighted by molar-refractivity contribution is 0.104. The number of nitrogen functional groups attached to an aromatic ring is 1. The first-order chi connectivity index (χ1) is 15.9. The number of ether oxygens (including phenoxy) is 1. The Kier molecular flexibility index (Phi) is 9.25. The maximum absolute atomic E-state index is 12.2. The Morgan fingerprint density at radius 2 is 1.85 bits per heavy atom. The van der Waals surface area contributed by atoms with E-state index in [-0.39, 0.29) is 6.09 Å². The number of nitrogens with two attached hydrogens (primary N) is 1. The number of benzene rings is 1. The Bertz CT molecular complexity index is 1060. The lowest BCUT2D eigenvalue weighted by Gasteiger charge is -2.30. The van der Waals surface area contributed by atoms with Crippen LogP contribution in [0.25, 0.3) is 5.57 Å². The summed E-state index contributed by atoms with van der Waals surface area (Å²) in [5, 5.41) is 1.33. The van der Waals surface area contributed by atoms with Gasteiger partial charge in [0.2, 0.25) is 0 Å². The molecule has 8 heteroatoms. The van der Waals surface area contributed by atoms with Crippen molar-refractivity contribution in [1.82, 2.24) is 9.88 Å². The van der Waals surface area contributed by atoms with Crippen LogP contribution in [0.5, 0.6) is 0 Å². The average Bonchev–Trinajstić information content (AvgIpc) is 3.00. The molecule has 0 unspecified atom stereocenters. The lowest BCUT2D eigenvalue weighted by Crippen LogP contribution is -2.37. The van der Waals surface area contributed by atoms with Gasteiger partial charge in [0.25, 0.3) is 0 Å². The van der Waals surface area contributed by atoms with E-state index >= 15 is 0 Å². The highest BCUT2D eigenvalue weighted by Gasteiger charge is 2.29. The summed E-state index contributed by atoms with van der Waals surface area (Å²) in [6.07, 6.45) is 4.97. The van der Waals surface area contributed by atoms with Gasteiger partial charge in [-0.3, -0.25) is 4.98 Å². The highest BCUT2D eigenvalue weighted by atomic mass is 79.9. The number of rotatable bonds is 2. The van der Waals surface area contributed by atoms with E-state index in [2.05, 4.69) is 37.9 Å². The fourth-order valence-electron chi connectivity index (χ4n) is 4.36. The smallest absolute Gasteiger partial charge is 0.409 e. The number of amides is 1. The monoisotopic (exact) mass is 597 g/mol. The molecule has 178 valence electrons. The first kappa shape index (κ1) is 26.0. The Balaban J connectivity index is 0.00000149. The highest BCUT2D eigenvalue weighted by Crippen LogP contribution is 2.45. The number of hydrogen-bond acceptors (Lipinski definition) is 4. The molecule has 1 saturated heterocycles. The Morgan fingerprint density at radius 1 is 1.18 bits per heavy atom. The number of piperidine rings is 1. The molecule has 2 aliphatic rings. The number of aromatic nitrogens is 1. The van der Waals surface area contributed by atoms with Crippen molar-refractivity contribution in [2.45, 2.75) is 51.8 Å². The maximum atomic E-state index is 12.2. The molecule has 0 saturated carbocycles. The zero-order chi connectivity index (χ0) is 24.1. The molecule has 0 radical (unpaired) electrons. The van der Waals surface area contributed by atoms with Gasteiger partial charge in [-0.15, -0.1) is 0 Å². The molecule has 33 heavy (non-hydrogen) atoms. The van der Waals surface area contributed by atoms with Crippen LogP contribution in [0.2, 0.25) is 5.02 Å². The van der Waals surface area contributed by atoms with Crippen LogP contribution < -0.4 is 5.73 Å². The summed E-state index contributed by atoms with van der Waals surface area (Å²) in [5.74, 6) is 0. The van der Waals surface area contributed by atoms with Crippen molar-refractivity contribution in [3.63, 3.8) is 0 Å². The van der Waals surface area contributed by atoms with Crippen LogP contribution in [-0.2, 0) is 22.9 Å². The summed E-state index contributed by atoms with van der Waals surface area (Å²) >= 11 is 13.7. The summed E-state index contributed by atoms with van der Waals surface area (Å²) < 4.78 is 6.01. The number of likely N-dealkylation sites (tertiary alicyclic amines) is 1. The molecule has 4 rings (SSSR count). The fourth-order valence-corrected chi connectivity index (χ4v) is 5.67. The van der Waals surface area contributed by atoms with Crippen LogP contribution in [0.1, 0.15) is 61.6 Å². The number of nitrogens with zero attached hydrogens (tertiary/aromatic N) is 2. The van der Waals surface area contributed by atoms with Gasteiger partial charge in [-0.1, -0.05) is 53.0 Å². The molecule has 1 aromatic heterocycles.